The lowest BCUT2D eigenvalue weighted by molar-refractivity contribution is -0.119. The number of nitrogens with two attached hydrogens (primary N) is 1. The highest BCUT2D eigenvalue weighted by Gasteiger charge is 2.23. The third-order valence-electron chi connectivity index (χ3n) is 4.02. The molecule has 1 atom stereocenters. The Kier molecular flexibility index (Phi) is 4.95. The van der Waals surface area contributed by atoms with Crippen LogP contribution >= 0.6 is 0 Å². The van der Waals surface area contributed by atoms with Crippen molar-refractivity contribution in [3.05, 3.63) is 36.1 Å². The van der Waals surface area contributed by atoms with E-state index in [0.717, 1.165) is 36.4 Å². The second kappa shape index (κ2) is 7.12. The molecule has 6 heteroatoms. The Bertz CT molecular complexity index is 637. The number of benzene rings is 1. The zero-order valence-electron chi connectivity index (χ0n) is 13.4. The summed E-state index contributed by atoms with van der Waals surface area (Å²) in [5.41, 5.74) is 6.15. The first-order valence-electron chi connectivity index (χ1n) is 7.88. The van der Waals surface area contributed by atoms with Gasteiger partial charge in [-0.15, -0.1) is 0 Å². The van der Waals surface area contributed by atoms with E-state index in [1.54, 1.807) is 0 Å². The van der Waals surface area contributed by atoms with Crippen LogP contribution in [-0.2, 0) is 16.1 Å². The first-order valence-corrected chi connectivity index (χ1v) is 7.88. The number of carbonyl (C=O) groups excluding carboxylic acids is 1. The van der Waals surface area contributed by atoms with Gasteiger partial charge in [-0.1, -0.05) is 18.2 Å². The molecule has 0 aliphatic carbocycles. The number of para-hydroxylation sites is 1. The fourth-order valence-corrected chi connectivity index (χ4v) is 3.05. The molecule has 1 aromatic carbocycles. The number of hydrogen-bond donors (Lipinski definition) is 1. The number of ether oxygens (including phenoxy) is 1. The quantitative estimate of drug-likeness (QED) is 0.862. The van der Waals surface area contributed by atoms with Gasteiger partial charge in [0.15, 0.2) is 0 Å². The number of fused-ring (bicyclic) bond motifs is 1. The van der Waals surface area contributed by atoms with Crippen molar-refractivity contribution < 1.29 is 13.9 Å². The Morgan fingerprint density at radius 2 is 2.26 bits per heavy atom. The van der Waals surface area contributed by atoms with E-state index in [2.05, 4.69) is 17.0 Å². The molecule has 0 unspecified atom stereocenters. The van der Waals surface area contributed by atoms with Crippen LogP contribution in [0, 0.1) is 0 Å². The van der Waals surface area contributed by atoms with Crippen molar-refractivity contribution in [3.63, 3.8) is 0 Å². The summed E-state index contributed by atoms with van der Waals surface area (Å²) in [6, 6.07) is 10.1. The van der Waals surface area contributed by atoms with Crippen LogP contribution in [0.3, 0.4) is 0 Å². The van der Waals surface area contributed by atoms with E-state index in [1.807, 2.05) is 30.1 Å². The number of primary amides is 1. The van der Waals surface area contributed by atoms with Crippen LogP contribution in [0.1, 0.15) is 5.76 Å². The molecular weight excluding hydrogens is 294 g/mol. The van der Waals surface area contributed by atoms with Crippen molar-refractivity contribution in [1.29, 1.82) is 0 Å². The van der Waals surface area contributed by atoms with Crippen molar-refractivity contribution in [2.24, 2.45) is 5.73 Å². The van der Waals surface area contributed by atoms with Crippen molar-refractivity contribution in [1.82, 2.24) is 9.80 Å². The molecule has 0 radical (unpaired) electrons. The average molecular weight is 317 g/mol. The molecule has 0 saturated carbocycles. The van der Waals surface area contributed by atoms with Gasteiger partial charge in [0.05, 0.1) is 25.8 Å². The minimum absolute atomic E-state index is 0.0810. The molecule has 2 heterocycles. The highest BCUT2D eigenvalue weighted by molar-refractivity contribution is 5.77. The van der Waals surface area contributed by atoms with Gasteiger partial charge in [0.1, 0.15) is 11.3 Å². The Hall–Kier alpha value is -1.89. The second-order valence-electron chi connectivity index (χ2n) is 6.14. The number of hydrogen-bond acceptors (Lipinski definition) is 5. The molecule has 0 bridgehead atoms. The maximum atomic E-state index is 11.0. The van der Waals surface area contributed by atoms with Gasteiger partial charge in [0.2, 0.25) is 5.91 Å². The number of furan rings is 1. The number of carbonyl (C=O) groups is 1. The topological polar surface area (TPSA) is 71.9 Å². The van der Waals surface area contributed by atoms with E-state index in [-0.39, 0.29) is 18.6 Å². The predicted molar refractivity (Wildman–Crippen MR) is 87.9 cm³/mol. The molecule has 1 saturated heterocycles. The molecule has 1 aliphatic rings. The van der Waals surface area contributed by atoms with Crippen molar-refractivity contribution in [3.8, 4) is 0 Å². The average Bonchev–Trinajstić information content (AvgIpc) is 2.88. The molecule has 1 fully saturated rings. The normalized spacial score (nSPS) is 19.5. The Morgan fingerprint density at radius 3 is 3.04 bits per heavy atom. The molecule has 6 nitrogen and oxygen atoms in total. The highest BCUT2D eigenvalue weighted by Crippen LogP contribution is 2.20. The number of amides is 1. The molecular formula is C17H23N3O3. The monoisotopic (exact) mass is 317 g/mol. The molecule has 3 rings (SSSR count). The van der Waals surface area contributed by atoms with Gasteiger partial charge in [-0.2, -0.15) is 0 Å². The van der Waals surface area contributed by atoms with Crippen LogP contribution in [0.5, 0.6) is 0 Å². The third kappa shape index (κ3) is 4.31. The predicted octanol–water partition coefficient (Wildman–Crippen LogP) is 1.05. The minimum atomic E-state index is -0.317. The van der Waals surface area contributed by atoms with Crippen LogP contribution < -0.4 is 5.73 Å². The minimum Gasteiger partial charge on any atom is -0.460 e. The van der Waals surface area contributed by atoms with Crippen molar-refractivity contribution in [2.75, 3.05) is 39.8 Å². The van der Waals surface area contributed by atoms with Gasteiger partial charge >= 0.3 is 0 Å². The molecule has 23 heavy (non-hydrogen) atoms. The standard InChI is InChI=1S/C17H23N3O3/c1-19(12-17(18)21)9-15-11-20(6-7-22-15)10-14-8-13-4-2-3-5-16(13)23-14/h2-5,8,15H,6-7,9-12H2,1H3,(H2,18,21)/t15-/m0/s1. The van der Waals surface area contributed by atoms with Gasteiger partial charge in [-0.05, 0) is 19.2 Å². The molecule has 1 aliphatic heterocycles. The van der Waals surface area contributed by atoms with E-state index in [4.69, 9.17) is 14.9 Å². The number of likely N-dealkylation sites (N-methyl/N-ethyl adjacent to an activating group) is 1. The molecule has 0 spiro atoms. The molecule has 1 aromatic heterocycles. The van der Waals surface area contributed by atoms with E-state index in [1.165, 1.54) is 0 Å². The third-order valence-corrected chi connectivity index (χ3v) is 4.02. The van der Waals surface area contributed by atoms with Gasteiger partial charge in [-0.25, -0.2) is 0 Å². The lowest BCUT2D eigenvalue weighted by atomic mass is 10.2. The summed E-state index contributed by atoms with van der Waals surface area (Å²) in [4.78, 5) is 15.2. The Balaban J connectivity index is 1.56. The van der Waals surface area contributed by atoms with E-state index < -0.39 is 0 Å². The number of morpholine rings is 1. The van der Waals surface area contributed by atoms with Crippen molar-refractivity contribution in [2.45, 2.75) is 12.6 Å². The Morgan fingerprint density at radius 1 is 1.43 bits per heavy atom. The summed E-state index contributed by atoms with van der Waals surface area (Å²) in [5, 5.41) is 1.13. The van der Waals surface area contributed by atoms with Gasteiger partial charge in [-0.3, -0.25) is 14.6 Å². The second-order valence-corrected chi connectivity index (χ2v) is 6.14. The zero-order valence-corrected chi connectivity index (χ0v) is 13.4. The highest BCUT2D eigenvalue weighted by atomic mass is 16.5. The maximum absolute atomic E-state index is 11.0. The Labute approximate surface area is 135 Å². The largest absolute Gasteiger partial charge is 0.460 e. The van der Waals surface area contributed by atoms with Crippen LogP contribution in [0.2, 0.25) is 0 Å². The molecule has 2 N–H and O–H groups in total. The molecule has 124 valence electrons. The van der Waals surface area contributed by atoms with Crippen LogP contribution in [-0.4, -0.2) is 61.6 Å². The van der Waals surface area contributed by atoms with Crippen LogP contribution in [0.25, 0.3) is 11.0 Å². The van der Waals surface area contributed by atoms with E-state index in [9.17, 15) is 4.79 Å². The SMILES string of the molecule is CN(CC(N)=O)C[C@H]1CN(Cc2cc3ccccc3o2)CCO1. The summed E-state index contributed by atoms with van der Waals surface area (Å²) in [6.07, 6.45) is 0.0810. The van der Waals surface area contributed by atoms with Crippen LogP contribution in [0.15, 0.2) is 34.7 Å². The lowest BCUT2D eigenvalue weighted by Gasteiger charge is -2.34. The summed E-state index contributed by atoms with van der Waals surface area (Å²) < 4.78 is 11.7. The summed E-state index contributed by atoms with van der Waals surface area (Å²) in [7, 11) is 1.88. The lowest BCUT2D eigenvalue weighted by Crippen LogP contribution is -2.47. The van der Waals surface area contributed by atoms with E-state index in [0.29, 0.717) is 13.2 Å². The first-order chi connectivity index (χ1) is 11.1. The number of rotatable bonds is 6. The summed E-state index contributed by atoms with van der Waals surface area (Å²) >= 11 is 0. The van der Waals surface area contributed by atoms with Gasteiger partial charge in [0, 0.05) is 25.0 Å². The fourth-order valence-electron chi connectivity index (χ4n) is 3.05. The maximum Gasteiger partial charge on any atom is 0.231 e. The molecule has 2 aromatic rings. The smallest absolute Gasteiger partial charge is 0.231 e. The first kappa shape index (κ1) is 16.0. The van der Waals surface area contributed by atoms with Crippen molar-refractivity contribution >= 4 is 16.9 Å². The van der Waals surface area contributed by atoms with Gasteiger partial charge < -0.3 is 14.9 Å². The zero-order chi connectivity index (χ0) is 16.2. The fraction of sp³-hybridized carbons (Fsp3) is 0.471. The number of nitrogens with zero attached hydrogens (tertiary/aromatic N) is 2. The molecule has 1 amide bonds. The van der Waals surface area contributed by atoms with Crippen LogP contribution in [0.4, 0.5) is 0 Å². The van der Waals surface area contributed by atoms with E-state index >= 15 is 0 Å². The summed E-state index contributed by atoms with van der Waals surface area (Å²) in [6.45, 7) is 4.11. The summed E-state index contributed by atoms with van der Waals surface area (Å²) in [5.74, 6) is 0.653. The van der Waals surface area contributed by atoms with Gasteiger partial charge in [0.25, 0.3) is 0 Å².